The van der Waals surface area contributed by atoms with Gasteiger partial charge < -0.3 is 50.9 Å². The topological polar surface area (TPSA) is 299 Å². The summed E-state index contributed by atoms with van der Waals surface area (Å²) in [4.78, 5) is 109. The lowest BCUT2D eigenvalue weighted by atomic mass is 9.88. The van der Waals surface area contributed by atoms with E-state index in [-0.39, 0.29) is 85.6 Å². The van der Waals surface area contributed by atoms with Gasteiger partial charge in [0.05, 0.1) is 55.0 Å². The summed E-state index contributed by atoms with van der Waals surface area (Å²) < 4.78 is 25.4. The van der Waals surface area contributed by atoms with Crippen molar-refractivity contribution in [1.82, 2.24) is 74.8 Å². The average molecular weight is 1260 g/mol. The fourth-order valence-corrected chi connectivity index (χ4v) is 13.2. The summed E-state index contributed by atoms with van der Waals surface area (Å²) in [6, 6.07) is 17.0. The molecule has 0 bridgehead atoms. The van der Waals surface area contributed by atoms with Gasteiger partial charge >= 0.3 is 12.0 Å². The number of anilines is 3. The zero-order chi connectivity index (χ0) is 64.4. The maximum atomic E-state index is 16.1. The summed E-state index contributed by atoms with van der Waals surface area (Å²) in [5.41, 5.74) is 11.2. The number of hydrogen-bond acceptors (Lipinski definition) is 16. The highest BCUT2D eigenvalue weighted by Crippen LogP contribution is 2.40. The molecule has 486 valence electrons. The van der Waals surface area contributed by atoms with Crippen molar-refractivity contribution in [3.63, 3.8) is 0 Å². The fourth-order valence-electron chi connectivity index (χ4n) is 13.2. The maximum Gasteiger partial charge on any atom is 0.327 e. The van der Waals surface area contributed by atoms with Crippen LogP contribution in [0, 0.1) is 5.82 Å². The fraction of sp³-hybridized carbons (Fsp3) is 0.492. The molecule has 27 heteroatoms. The molecular weight excluding hydrogens is 1180 g/mol. The number of primary amides is 1. The Bertz CT molecular complexity index is 3830. The van der Waals surface area contributed by atoms with Gasteiger partial charge in [-0.1, -0.05) is 48.7 Å². The number of nitrogens with two attached hydrogens (primary N) is 1. The number of likely N-dealkylation sites (N-methyl/N-ethyl adjacent to an activating group) is 1. The second kappa shape index (κ2) is 29.2. The highest BCUT2D eigenvalue weighted by Gasteiger charge is 2.36. The van der Waals surface area contributed by atoms with Gasteiger partial charge in [0, 0.05) is 120 Å². The van der Waals surface area contributed by atoms with Crippen LogP contribution in [0.2, 0.25) is 0 Å². The van der Waals surface area contributed by atoms with Crippen LogP contribution in [-0.4, -0.2) is 185 Å². The van der Waals surface area contributed by atoms with Gasteiger partial charge in [0.15, 0.2) is 11.5 Å². The number of fused-ring (bicyclic) bond motifs is 2. The summed E-state index contributed by atoms with van der Waals surface area (Å²) in [6.45, 7) is 5.39. The lowest BCUT2D eigenvalue weighted by Crippen LogP contribution is -2.49. The van der Waals surface area contributed by atoms with Gasteiger partial charge in [0.25, 0.3) is 5.91 Å². The first-order valence-electron chi connectivity index (χ1n) is 32.0. The third-order valence-corrected chi connectivity index (χ3v) is 18.4. The van der Waals surface area contributed by atoms with E-state index < -0.39 is 17.7 Å². The van der Waals surface area contributed by atoms with Crippen LogP contribution < -0.4 is 26.6 Å². The molecule has 5 N–H and O–H groups in total. The largest absolute Gasteiger partial charge is 0.468 e. The first-order valence-corrected chi connectivity index (χ1v) is 32.0. The Balaban J connectivity index is 0.580. The van der Waals surface area contributed by atoms with Gasteiger partial charge in [-0.3, -0.25) is 38.1 Å². The normalized spacial score (nSPS) is 16.6. The molecule has 0 spiro atoms. The van der Waals surface area contributed by atoms with Crippen LogP contribution in [0.25, 0.3) is 32.9 Å². The van der Waals surface area contributed by atoms with Crippen molar-refractivity contribution in [2.45, 2.75) is 127 Å². The number of halogens is 1. The van der Waals surface area contributed by atoms with E-state index in [4.69, 9.17) is 20.6 Å². The monoisotopic (exact) mass is 1260 g/mol. The lowest BCUT2D eigenvalue weighted by Gasteiger charge is -2.37. The maximum absolute atomic E-state index is 16.1. The van der Waals surface area contributed by atoms with Gasteiger partial charge in [-0.05, 0) is 98.7 Å². The zero-order valence-corrected chi connectivity index (χ0v) is 52.5. The first kappa shape index (κ1) is 64.0. The minimum absolute atomic E-state index is 0.0459. The number of amides is 7. The predicted molar refractivity (Wildman–Crippen MR) is 341 cm³/mol. The van der Waals surface area contributed by atoms with E-state index in [1.165, 1.54) is 23.4 Å². The Morgan fingerprint density at radius 1 is 0.750 bits per heavy atom. The van der Waals surface area contributed by atoms with Crippen molar-refractivity contribution >= 4 is 80.7 Å². The van der Waals surface area contributed by atoms with E-state index in [1.807, 2.05) is 47.2 Å². The number of benzene rings is 3. The van der Waals surface area contributed by atoms with Gasteiger partial charge in [-0.15, -0.1) is 5.10 Å². The Morgan fingerprint density at radius 2 is 1.49 bits per heavy atom. The summed E-state index contributed by atoms with van der Waals surface area (Å²) >= 11 is 0. The molecule has 4 aliphatic rings. The molecule has 4 saturated heterocycles. The van der Waals surface area contributed by atoms with Crippen molar-refractivity contribution in [2.24, 2.45) is 12.8 Å². The summed E-state index contributed by atoms with van der Waals surface area (Å²) in [5.74, 6) is -0.953. The van der Waals surface area contributed by atoms with Crippen LogP contribution in [0.3, 0.4) is 0 Å². The highest BCUT2D eigenvalue weighted by molar-refractivity contribution is 6.00. The molecule has 92 heavy (non-hydrogen) atoms. The molecule has 3 aromatic carbocycles. The standard InChI is InChI=1S/C65H81FN18O8/c1-77-31-32-83(65(77)91)48-11-10-26-81(39-48)54-37-70-62(63(67)90)64(73-54)72-46-17-15-42(16-18-46)43-21-27-79(28-22-43)57(87)14-7-5-4-6-8-25-68-55(85)19-20-58(88)80-29-23-44(24-30-80)61-60-49(50-34-53-45(33-51(50)66)35-71-78(53)2)12-9-13-52(60)84(75-61)40-56(86)69-36-47-38-82(76-74-47)41-59(89)92-3/h9,12-13,15-18,33-35,37-38,43-44,48H,4-8,10-11,14,19-32,36,39-41H2,1-3H3,(H2,67,90)(H,68,85)(H,69,86)(H,72,73)/t48-/m1/s1. The number of unbranched alkanes of at least 4 members (excludes halogenated alkanes) is 4. The number of ether oxygens (including phenoxy) is 1. The molecule has 7 aromatic rings. The molecule has 11 rings (SSSR count). The van der Waals surface area contributed by atoms with Crippen LogP contribution >= 0.6 is 0 Å². The number of piperidine rings is 3. The predicted octanol–water partition coefficient (Wildman–Crippen LogP) is 6.13. The van der Waals surface area contributed by atoms with Crippen molar-refractivity contribution < 1.29 is 42.7 Å². The second-order valence-electron chi connectivity index (χ2n) is 24.5. The number of carbonyl (C=O) groups excluding carboxylic acids is 7. The van der Waals surface area contributed by atoms with Crippen molar-refractivity contribution in [1.29, 1.82) is 0 Å². The Morgan fingerprint density at radius 3 is 2.23 bits per heavy atom. The molecule has 0 aliphatic carbocycles. The second-order valence-corrected chi connectivity index (χ2v) is 24.5. The van der Waals surface area contributed by atoms with E-state index in [0.717, 1.165) is 80.9 Å². The quantitative estimate of drug-likeness (QED) is 0.0370. The van der Waals surface area contributed by atoms with Gasteiger partial charge in [-0.2, -0.15) is 10.2 Å². The van der Waals surface area contributed by atoms with Crippen LogP contribution in [0.15, 0.2) is 73.2 Å². The smallest absolute Gasteiger partial charge is 0.327 e. The molecular formula is C65H81FN18O8. The molecule has 8 heterocycles. The summed E-state index contributed by atoms with van der Waals surface area (Å²) in [7, 11) is 4.91. The minimum atomic E-state index is -0.684. The highest BCUT2D eigenvalue weighted by atomic mass is 19.1. The van der Waals surface area contributed by atoms with Crippen molar-refractivity contribution in [2.75, 3.05) is 83.3 Å². The van der Waals surface area contributed by atoms with Crippen LogP contribution in [0.4, 0.5) is 26.5 Å². The van der Waals surface area contributed by atoms with Gasteiger partial charge in [-0.25, -0.2) is 23.8 Å². The average Bonchev–Trinajstić information content (AvgIpc) is 1.57. The number of urea groups is 1. The minimum Gasteiger partial charge on any atom is -0.468 e. The number of aromatic nitrogens is 9. The third kappa shape index (κ3) is 15.1. The lowest BCUT2D eigenvalue weighted by molar-refractivity contribution is -0.141. The summed E-state index contributed by atoms with van der Waals surface area (Å²) in [5, 5.41) is 27.8. The molecule has 0 saturated carbocycles. The van der Waals surface area contributed by atoms with E-state index >= 15 is 4.39 Å². The number of nitrogens with zero attached hydrogens (tertiary/aromatic N) is 14. The Hall–Kier alpha value is -9.56. The molecule has 4 fully saturated rings. The number of aryl methyl sites for hydroxylation is 1. The van der Waals surface area contributed by atoms with Crippen LogP contribution in [0.1, 0.15) is 129 Å². The Kier molecular flexibility index (Phi) is 20.3. The number of likely N-dealkylation sites (tertiary alicyclic amines) is 2. The number of carbonyl (C=O) groups is 7. The van der Waals surface area contributed by atoms with E-state index in [0.29, 0.717) is 117 Å². The summed E-state index contributed by atoms with van der Waals surface area (Å²) in [6.07, 6.45) is 14.5. The number of nitrogens with one attached hydrogen (secondary N) is 3. The van der Waals surface area contributed by atoms with E-state index in [1.54, 1.807) is 50.9 Å². The molecule has 4 aliphatic heterocycles. The number of hydrogen-bond donors (Lipinski definition) is 4. The number of rotatable bonds is 25. The SMILES string of the molecule is COC(=O)Cn1cc(CNC(=O)Cn2nc(C3CCN(C(=O)CCC(=O)NCCCCCCCC(=O)N4CCC(c5ccc(Nc6nc(N7CCC[C@@H](N8CCN(C)C8=O)C7)cnc6C(N)=O)cc5)CC4)CC3)c3c(-c4cc5c(cnn5C)cc4F)cccc32)nn1. The molecule has 0 radical (unpaired) electrons. The molecule has 1 atom stereocenters. The van der Waals surface area contributed by atoms with Gasteiger partial charge in [0.2, 0.25) is 23.6 Å². The number of esters is 1. The van der Waals surface area contributed by atoms with E-state index in [9.17, 15) is 33.6 Å². The molecule has 7 amide bonds. The molecule has 26 nitrogen and oxygen atoms in total. The first-order chi connectivity index (χ1) is 44.6. The van der Waals surface area contributed by atoms with E-state index in [2.05, 4.69) is 53.4 Å². The van der Waals surface area contributed by atoms with Crippen LogP contribution in [0.5, 0.6) is 0 Å². The van der Waals surface area contributed by atoms with Gasteiger partial charge in [0.1, 0.15) is 30.4 Å². The molecule has 4 aromatic heterocycles. The number of methoxy groups -OCH3 is 1. The Labute approximate surface area is 532 Å². The van der Waals surface area contributed by atoms with Crippen LogP contribution in [-0.2, 0) is 55.4 Å². The third-order valence-electron chi connectivity index (χ3n) is 18.4. The van der Waals surface area contributed by atoms with Crippen molar-refractivity contribution in [3.8, 4) is 11.1 Å². The molecule has 0 unspecified atom stereocenters. The zero-order valence-electron chi connectivity index (χ0n) is 52.5. The van der Waals surface area contributed by atoms with Crippen molar-refractivity contribution in [3.05, 3.63) is 102 Å².